The van der Waals surface area contributed by atoms with E-state index in [-0.39, 0.29) is 11.7 Å². The first-order chi connectivity index (χ1) is 13.0. The second-order valence-electron chi connectivity index (χ2n) is 6.94. The van der Waals surface area contributed by atoms with Gasteiger partial charge in [0.15, 0.2) is 0 Å². The van der Waals surface area contributed by atoms with E-state index in [1.807, 2.05) is 6.07 Å². The van der Waals surface area contributed by atoms with Gasteiger partial charge in [0, 0.05) is 12.5 Å². The third kappa shape index (κ3) is 4.48. The van der Waals surface area contributed by atoms with Crippen LogP contribution < -0.4 is 16.4 Å². The summed E-state index contributed by atoms with van der Waals surface area (Å²) < 4.78 is 18.7. The van der Waals surface area contributed by atoms with Crippen LogP contribution in [0, 0.1) is 5.82 Å². The maximum absolute atomic E-state index is 13.2. The summed E-state index contributed by atoms with van der Waals surface area (Å²) in [6, 6.07) is 9.47. The van der Waals surface area contributed by atoms with Gasteiger partial charge in [-0.2, -0.15) is 0 Å². The highest BCUT2D eigenvalue weighted by atomic mass is 19.1. The number of urea groups is 1. The SMILES string of the molecule is NC(=O)C1(NC(=O)NCC[C@@H](c2ccc(F)cc2)c2ccco2)CCCC1. The number of primary amides is 1. The van der Waals surface area contributed by atoms with E-state index in [0.29, 0.717) is 25.8 Å². The maximum atomic E-state index is 13.2. The predicted molar refractivity (Wildman–Crippen MR) is 98.5 cm³/mol. The van der Waals surface area contributed by atoms with Gasteiger partial charge < -0.3 is 20.8 Å². The Morgan fingerprint density at radius 1 is 1.19 bits per heavy atom. The van der Waals surface area contributed by atoms with Crippen molar-refractivity contribution in [1.29, 1.82) is 0 Å². The average molecular weight is 373 g/mol. The van der Waals surface area contributed by atoms with E-state index in [0.717, 1.165) is 24.2 Å². The molecule has 2 aromatic rings. The van der Waals surface area contributed by atoms with Crippen molar-refractivity contribution in [3.05, 3.63) is 59.8 Å². The molecule has 0 aliphatic heterocycles. The lowest BCUT2D eigenvalue weighted by Crippen LogP contribution is -2.58. The lowest BCUT2D eigenvalue weighted by molar-refractivity contribution is -0.123. The first-order valence-electron chi connectivity index (χ1n) is 9.15. The first kappa shape index (κ1) is 18.9. The molecule has 1 aromatic heterocycles. The minimum atomic E-state index is -0.943. The molecule has 3 rings (SSSR count). The van der Waals surface area contributed by atoms with E-state index in [1.54, 1.807) is 24.5 Å². The predicted octanol–water partition coefficient (Wildman–Crippen LogP) is 3.04. The van der Waals surface area contributed by atoms with Gasteiger partial charge in [-0.15, -0.1) is 0 Å². The molecule has 1 aromatic carbocycles. The number of halogens is 1. The van der Waals surface area contributed by atoms with Crippen molar-refractivity contribution in [2.24, 2.45) is 5.73 Å². The fraction of sp³-hybridized carbons (Fsp3) is 0.400. The molecule has 0 unspecified atom stereocenters. The largest absolute Gasteiger partial charge is 0.469 e. The van der Waals surface area contributed by atoms with Crippen molar-refractivity contribution in [2.75, 3.05) is 6.54 Å². The number of carbonyl (C=O) groups is 2. The summed E-state index contributed by atoms with van der Waals surface area (Å²) in [5.74, 6) is -0.164. The lowest BCUT2D eigenvalue weighted by atomic mass is 9.93. The molecule has 1 aliphatic rings. The minimum Gasteiger partial charge on any atom is -0.469 e. The minimum absolute atomic E-state index is 0.113. The number of nitrogens with one attached hydrogen (secondary N) is 2. The highest BCUT2D eigenvalue weighted by Gasteiger charge is 2.40. The van der Waals surface area contributed by atoms with Crippen LogP contribution in [0.4, 0.5) is 9.18 Å². The summed E-state index contributed by atoms with van der Waals surface area (Å²) in [4.78, 5) is 24.0. The van der Waals surface area contributed by atoms with Gasteiger partial charge in [0.1, 0.15) is 17.1 Å². The highest BCUT2D eigenvalue weighted by molar-refractivity contribution is 5.90. The molecule has 1 atom stereocenters. The van der Waals surface area contributed by atoms with E-state index < -0.39 is 17.5 Å². The van der Waals surface area contributed by atoms with Gasteiger partial charge in [-0.05, 0) is 49.1 Å². The van der Waals surface area contributed by atoms with Gasteiger partial charge in [-0.3, -0.25) is 4.79 Å². The van der Waals surface area contributed by atoms with Gasteiger partial charge in [0.05, 0.1) is 6.26 Å². The Morgan fingerprint density at radius 3 is 2.48 bits per heavy atom. The molecular weight excluding hydrogens is 349 g/mol. The van der Waals surface area contributed by atoms with E-state index >= 15 is 0 Å². The van der Waals surface area contributed by atoms with Crippen LogP contribution in [0.5, 0.6) is 0 Å². The second-order valence-corrected chi connectivity index (χ2v) is 6.94. The third-order valence-corrected chi connectivity index (χ3v) is 5.16. The molecule has 6 nitrogen and oxygen atoms in total. The standard InChI is InChI=1S/C20H24FN3O3/c21-15-7-5-14(6-8-15)16(17-4-3-13-27-17)9-12-23-19(26)24-20(18(22)25)10-1-2-11-20/h3-8,13,16H,1-2,9-12H2,(H2,22,25)(H2,23,24,26)/t16-/m0/s1. The zero-order valence-electron chi connectivity index (χ0n) is 15.0. The molecule has 1 fully saturated rings. The van der Waals surface area contributed by atoms with Crippen LogP contribution in [0.3, 0.4) is 0 Å². The van der Waals surface area contributed by atoms with Gasteiger partial charge in [0.2, 0.25) is 5.91 Å². The van der Waals surface area contributed by atoms with Gasteiger partial charge in [-0.1, -0.05) is 25.0 Å². The van der Waals surface area contributed by atoms with E-state index in [2.05, 4.69) is 10.6 Å². The quantitative estimate of drug-likeness (QED) is 0.696. The molecule has 0 spiro atoms. The summed E-state index contributed by atoms with van der Waals surface area (Å²) in [5.41, 5.74) is 5.44. The second kappa shape index (κ2) is 8.24. The Kier molecular flexibility index (Phi) is 5.78. The van der Waals surface area contributed by atoms with Crippen LogP contribution in [-0.2, 0) is 4.79 Å². The Balaban J connectivity index is 1.60. The highest BCUT2D eigenvalue weighted by Crippen LogP contribution is 2.30. The Morgan fingerprint density at radius 2 is 1.89 bits per heavy atom. The van der Waals surface area contributed by atoms with Crippen LogP contribution in [0.1, 0.15) is 49.3 Å². The zero-order chi connectivity index (χ0) is 19.3. The van der Waals surface area contributed by atoms with Crippen molar-refractivity contribution in [3.8, 4) is 0 Å². The molecule has 0 saturated heterocycles. The number of hydrogen-bond acceptors (Lipinski definition) is 3. The molecule has 3 amide bonds. The van der Waals surface area contributed by atoms with E-state index in [9.17, 15) is 14.0 Å². The van der Waals surface area contributed by atoms with Crippen molar-refractivity contribution in [2.45, 2.75) is 43.6 Å². The molecule has 0 radical (unpaired) electrons. The number of amides is 3. The summed E-state index contributed by atoms with van der Waals surface area (Å²) >= 11 is 0. The maximum Gasteiger partial charge on any atom is 0.315 e. The Bertz CT molecular complexity index is 768. The van der Waals surface area contributed by atoms with Gasteiger partial charge in [-0.25, -0.2) is 9.18 Å². The molecule has 1 aliphatic carbocycles. The summed E-state index contributed by atoms with van der Waals surface area (Å²) in [5, 5.41) is 5.54. The van der Waals surface area contributed by atoms with Crippen LogP contribution in [0.2, 0.25) is 0 Å². The lowest BCUT2D eigenvalue weighted by Gasteiger charge is -2.26. The normalized spacial score (nSPS) is 16.6. The Labute approximate surface area is 157 Å². The van der Waals surface area contributed by atoms with Crippen molar-refractivity contribution < 1.29 is 18.4 Å². The molecule has 1 heterocycles. The molecular formula is C20H24FN3O3. The smallest absolute Gasteiger partial charge is 0.315 e. The van der Waals surface area contributed by atoms with Crippen LogP contribution in [0.25, 0.3) is 0 Å². The number of hydrogen-bond donors (Lipinski definition) is 3. The topological polar surface area (TPSA) is 97.4 Å². The number of furan rings is 1. The average Bonchev–Trinajstić information content (AvgIpc) is 3.32. The summed E-state index contributed by atoms with van der Waals surface area (Å²) in [7, 11) is 0. The van der Waals surface area contributed by atoms with Gasteiger partial charge >= 0.3 is 6.03 Å². The van der Waals surface area contributed by atoms with Crippen LogP contribution in [0.15, 0.2) is 47.1 Å². The van der Waals surface area contributed by atoms with E-state index in [4.69, 9.17) is 10.2 Å². The summed E-state index contributed by atoms with van der Waals surface area (Å²) in [6.07, 6.45) is 5.03. The van der Waals surface area contributed by atoms with Gasteiger partial charge in [0.25, 0.3) is 0 Å². The van der Waals surface area contributed by atoms with Crippen LogP contribution >= 0.6 is 0 Å². The van der Waals surface area contributed by atoms with Crippen molar-refractivity contribution >= 4 is 11.9 Å². The zero-order valence-corrected chi connectivity index (χ0v) is 15.0. The van der Waals surface area contributed by atoms with Crippen molar-refractivity contribution in [3.63, 3.8) is 0 Å². The van der Waals surface area contributed by atoms with Crippen molar-refractivity contribution in [1.82, 2.24) is 10.6 Å². The third-order valence-electron chi connectivity index (χ3n) is 5.16. The molecule has 144 valence electrons. The molecule has 1 saturated carbocycles. The number of benzene rings is 1. The summed E-state index contributed by atoms with van der Waals surface area (Å²) in [6.45, 7) is 0.365. The molecule has 7 heteroatoms. The monoisotopic (exact) mass is 373 g/mol. The number of rotatable bonds is 7. The molecule has 0 bridgehead atoms. The van der Waals surface area contributed by atoms with E-state index in [1.165, 1.54) is 12.1 Å². The number of carbonyl (C=O) groups excluding carboxylic acids is 2. The fourth-order valence-corrected chi connectivity index (χ4v) is 3.66. The Hall–Kier alpha value is -2.83. The molecule has 27 heavy (non-hydrogen) atoms. The first-order valence-corrected chi connectivity index (χ1v) is 9.15. The van der Waals surface area contributed by atoms with Crippen LogP contribution in [-0.4, -0.2) is 24.0 Å². The number of nitrogens with two attached hydrogens (primary N) is 1. The fourth-order valence-electron chi connectivity index (χ4n) is 3.66. The molecule has 4 N–H and O–H groups in total.